The molecule has 46 heavy (non-hydrogen) atoms. The zero-order valence-electron chi connectivity index (χ0n) is 26.0. The minimum Gasteiger partial charge on any atom is -0.508 e. The van der Waals surface area contributed by atoms with E-state index in [4.69, 9.17) is 14.5 Å². The first-order valence-electron chi connectivity index (χ1n) is 16.4. The third kappa shape index (κ3) is 4.85. The summed E-state index contributed by atoms with van der Waals surface area (Å²) in [5.41, 5.74) is 0.286. The zero-order chi connectivity index (χ0) is 31.6. The van der Waals surface area contributed by atoms with Crippen LogP contribution in [0.4, 0.5) is 19.0 Å². The lowest BCUT2D eigenvalue weighted by molar-refractivity contribution is 0.107. The van der Waals surface area contributed by atoms with Gasteiger partial charge in [-0.2, -0.15) is 9.97 Å². The zero-order valence-corrected chi connectivity index (χ0v) is 26.0. The van der Waals surface area contributed by atoms with Gasteiger partial charge in [0.05, 0.1) is 17.5 Å². The van der Waals surface area contributed by atoms with Crippen molar-refractivity contribution in [3.8, 4) is 23.0 Å². The highest BCUT2D eigenvalue weighted by molar-refractivity contribution is 6.01. The maximum atomic E-state index is 16.9. The van der Waals surface area contributed by atoms with E-state index in [-0.39, 0.29) is 40.6 Å². The van der Waals surface area contributed by atoms with Gasteiger partial charge in [0.25, 0.3) is 0 Å². The van der Waals surface area contributed by atoms with E-state index in [1.54, 1.807) is 12.3 Å². The lowest BCUT2D eigenvalue weighted by Crippen LogP contribution is -2.44. The molecule has 3 atom stereocenters. The van der Waals surface area contributed by atoms with Gasteiger partial charge >= 0.3 is 6.01 Å². The molecule has 4 aliphatic heterocycles. The topological polar surface area (TPSA) is 83.8 Å². The van der Waals surface area contributed by atoms with Gasteiger partial charge in [-0.3, -0.25) is 9.88 Å². The number of aromatic hydroxyl groups is 1. The summed E-state index contributed by atoms with van der Waals surface area (Å²) in [6.07, 6.45) is 6.18. The van der Waals surface area contributed by atoms with Crippen LogP contribution in [-0.4, -0.2) is 82.7 Å². The van der Waals surface area contributed by atoms with Gasteiger partial charge in [-0.05, 0) is 79.6 Å². The molecular formula is C35H38F3N5O3. The summed E-state index contributed by atoms with van der Waals surface area (Å²) in [7, 11) is 0. The van der Waals surface area contributed by atoms with Crippen molar-refractivity contribution >= 4 is 27.5 Å². The van der Waals surface area contributed by atoms with Crippen molar-refractivity contribution in [3.05, 3.63) is 47.7 Å². The second kappa shape index (κ2) is 11.2. The molecule has 0 bridgehead atoms. The van der Waals surface area contributed by atoms with E-state index in [1.807, 2.05) is 6.92 Å². The van der Waals surface area contributed by atoms with Crippen LogP contribution in [-0.2, 0) is 11.2 Å². The van der Waals surface area contributed by atoms with E-state index in [2.05, 4.69) is 19.8 Å². The van der Waals surface area contributed by atoms with Gasteiger partial charge in [0, 0.05) is 49.8 Å². The molecule has 6 heterocycles. The number of anilines is 1. The summed E-state index contributed by atoms with van der Waals surface area (Å²) in [4.78, 5) is 18.4. The number of aryl methyl sites for hydroxylation is 1. The first kappa shape index (κ1) is 29.7. The fourth-order valence-electron chi connectivity index (χ4n) is 8.56. The minimum absolute atomic E-state index is 0.00681. The smallest absolute Gasteiger partial charge is 0.319 e. The summed E-state index contributed by atoms with van der Waals surface area (Å²) >= 11 is 0. The molecule has 4 aliphatic rings. The Labute approximate surface area is 265 Å². The molecule has 4 fully saturated rings. The second-order valence-corrected chi connectivity index (χ2v) is 13.7. The Morgan fingerprint density at radius 1 is 1.11 bits per heavy atom. The Morgan fingerprint density at radius 3 is 2.80 bits per heavy atom. The average Bonchev–Trinajstić information content (AvgIpc) is 3.74. The van der Waals surface area contributed by atoms with Crippen molar-refractivity contribution in [3.63, 3.8) is 0 Å². The van der Waals surface area contributed by atoms with Gasteiger partial charge < -0.3 is 19.5 Å². The molecule has 4 saturated heterocycles. The Kier molecular flexibility index (Phi) is 7.24. The molecule has 8 rings (SSSR count). The van der Waals surface area contributed by atoms with Gasteiger partial charge in [-0.25, -0.2) is 13.2 Å². The van der Waals surface area contributed by atoms with E-state index in [0.717, 1.165) is 51.8 Å². The molecule has 11 heteroatoms. The molecule has 2 aromatic heterocycles. The van der Waals surface area contributed by atoms with Crippen LogP contribution in [0.1, 0.15) is 51.0 Å². The molecule has 2 aromatic carbocycles. The molecule has 1 spiro atoms. The maximum Gasteiger partial charge on any atom is 0.319 e. The predicted octanol–water partition coefficient (Wildman–Crippen LogP) is 6.35. The van der Waals surface area contributed by atoms with Crippen molar-refractivity contribution < 1.29 is 27.8 Å². The van der Waals surface area contributed by atoms with Gasteiger partial charge in [0.1, 0.15) is 41.4 Å². The summed E-state index contributed by atoms with van der Waals surface area (Å²) < 4.78 is 58.5. The fraction of sp³-hybridized carbons (Fsp3) is 0.514. The van der Waals surface area contributed by atoms with Gasteiger partial charge in [0.15, 0.2) is 5.82 Å². The Bertz CT molecular complexity index is 1830. The lowest BCUT2D eigenvalue weighted by Gasteiger charge is -2.40. The molecule has 1 unspecified atom stereocenters. The largest absolute Gasteiger partial charge is 0.508 e. The minimum atomic E-state index is -0.906. The van der Waals surface area contributed by atoms with Crippen LogP contribution in [0.2, 0.25) is 0 Å². The van der Waals surface area contributed by atoms with Crippen LogP contribution in [0.3, 0.4) is 0 Å². The predicted molar refractivity (Wildman–Crippen MR) is 169 cm³/mol. The molecule has 8 nitrogen and oxygen atoms in total. The number of alkyl halides is 1. The molecule has 0 amide bonds. The number of benzene rings is 2. The number of fused-ring (bicyclic) bond motifs is 3. The number of phenols is 1. The number of ether oxygens (including phenoxy) is 2. The normalized spacial score (nSPS) is 26.5. The molecule has 0 saturated carbocycles. The number of phenolic OH excluding ortho intramolecular Hbond substituents is 1. The second-order valence-electron chi connectivity index (χ2n) is 13.7. The van der Waals surface area contributed by atoms with Crippen LogP contribution in [0.25, 0.3) is 32.9 Å². The highest BCUT2D eigenvalue weighted by Crippen LogP contribution is 2.44. The molecule has 1 N–H and O–H groups in total. The standard InChI is InChI=1S/C35H38F3N5O3/c1-2-24-27(37)6-5-21-13-23(44)14-25(28(21)24)30-29(38)31-26(16-39-30)32(42-10-3-7-34(18-42)9-12-45-19-34)41-33(40-31)46-20-35-8-4-11-43(35)17-22(36)15-35/h5-6,13-14,16,22,44H,2-4,7-12,15,17-20H2,1H3/t22-,34?,35+/m1/s1. The quantitative estimate of drug-likeness (QED) is 0.263. The summed E-state index contributed by atoms with van der Waals surface area (Å²) in [5.74, 6) is -0.641. The van der Waals surface area contributed by atoms with Crippen LogP contribution >= 0.6 is 0 Å². The Balaban J connectivity index is 1.27. The number of rotatable bonds is 6. The van der Waals surface area contributed by atoms with Gasteiger partial charge in [-0.15, -0.1) is 0 Å². The molecular weight excluding hydrogens is 595 g/mol. The highest BCUT2D eigenvalue weighted by atomic mass is 19.1. The molecule has 242 valence electrons. The average molecular weight is 634 g/mol. The summed E-state index contributed by atoms with van der Waals surface area (Å²) in [5, 5.41) is 12.1. The Morgan fingerprint density at radius 2 is 1.98 bits per heavy atom. The first-order valence-corrected chi connectivity index (χ1v) is 16.4. The fourth-order valence-corrected chi connectivity index (χ4v) is 8.56. The van der Waals surface area contributed by atoms with Crippen molar-refractivity contribution in [1.29, 1.82) is 0 Å². The first-order chi connectivity index (χ1) is 22.3. The summed E-state index contributed by atoms with van der Waals surface area (Å²) in [6.45, 7) is 6.11. The van der Waals surface area contributed by atoms with Crippen molar-refractivity contribution in [2.75, 3.05) is 50.9 Å². The Hall–Kier alpha value is -3.70. The highest BCUT2D eigenvalue weighted by Gasteiger charge is 2.49. The monoisotopic (exact) mass is 633 g/mol. The summed E-state index contributed by atoms with van der Waals surface area (Å²) in [6, 6.07) is 5.93. The van der Waals surface area contributed by atoms with Crippen LogP contribution in [0, 0.1) is 17.0 Å². The van der Waals surface area contributed by atoms with Gasteiger partial charge in [0.2, 0.25) is 0 Å². The van der Waals surface area contributed by atoms with Crippen molar-refractivity contribution in [1.82, 2.24) is 19.9 Å². The third-order valence-corrected chi connectivity index (χ3v) is 10.8. The number of pyridine rings is 1. The maximum absolute atomic E-state index is 16.9. The van der Waals surface area contributed by atoms with Crippen molar-refractivity contribution in [2.24, 2.45) is 5.41 Å². The van der Waals surface area contributed by atoms with E-state index in [0.29, 0.717) is 60.1 Å². The van der Waals surface area contributed by atoms with Gasteiger partial charge in [-0.1, -0.05) is 13.0 Å². The number of hydrogen-bond donors (Lipinski definition) is 1. The van der Waals surface area contributed by atoms with E-state index < -0.39 is 23.3 Å². The van der Waals surface area contributed by atoms with Crippen molar-refractivity contribution in [2.45, 2.75) is 63.6 Å². The lowest BCUT2D eigenvalue weighted by atomic mass is 9.79. The van der Waals surface area contributed by atoms with Crippen LogP contribution in [0.5, 0.6) is 11.8 Å². The number of nitrogens with zero attached hydrogens (tertiary/aromatic N) is 5. The van der Waals surface area contributed by atoms with Crippen LogP contribution < -0.4 is 9.64 Å². The van der Waals surface area contributed by atoms with E-state index in [9.17, 15) is 13.9 Å². The molecule has 0 radical (unpaired) electrons. The number of hydrogen-bond acceptors (Lipinski definition) is 8. The number of aromatic nitrogens is 3. The number of halogens is 3. The molecule has 0 aliphatic carbocycles. The SMILES string of the molecule is CCc1c(F)ccc2cc(O)cc(-c3ncc4c(N5CCCC6(CCOC6)C5)nc(OC[C@@]56CCCN5C[C@H](F)C6)nc4c3F)c12. The van der Waals surface area contributed by atoms with Crippen LogP contribution in [0.15, 0.2) is 30.5 Å². The third-order valence-electron chi connectivity index (χ3n) is 10.8. The van der Waals surface area contributed by atoms with E-state index >= 15 is 4.39 Å². The van der Waals surface area contributed by atoms with E-state index in [1.165, 1.54) is 18.2 Å². The number of piperidine rings is 1. The molecule has 4 aromatic rings.